The van der Waals surface area contributed by atoms with E-state index in [1.54, 1.807) is 0 Å². The van der Waals surface area contributed by atoms with Gasteiger partial charge in [0.25, 0.3) is 0 Å². The third-order valence-corrected chi connectivity index (χ3v) is 2.65. The van der Waals surface area contributed by atoms with Gasteiger partial charge in [0, 0.05) is 6.92 Å². The van der Waals surface area contributed by atoms with E-state index in [0.717, 1.165) is 25.1 Å². The minimum absolute atomic E-state index is 0. The van der Waals surface area contributed by atoms with Crippen molar-refractivity contribution < 1.29 is 57.2 Å². The maximum absolute atomic E-state index is 10.8. The number of benzene rings is 1. The Morgan fingerprint density at radius 1 is 1.33 bits per heavy atom. The van der Waals surface area contributed by atoms with E-state index in [4.69, 9.17) is 5.11 Å². The molecule has 0 aliphatic heterocycles. The largest absolute Gasteiger partial charge is 1.00 e. The van der Waals surface area contributed by atoms with Crippen LogP contribution in [0.3, 0.4) is 0 Å². The normalized spacial score (nSPS) is 10.3. The number of nitrogens with one attached hydrogen (secondary N) is 1. The molecule has 1 aromatic rings. The molecule has 1 rings (SSSR count). The topological polar surface area (TPSA) is 124 Å². The number of amides is 1. The van der Waals surface area contributed by atoms with Crippen molar-refractivity contribution in [1.82, 2.24) is 0 Å². The van der Waals surface area contributed by atoms with Crippen molar-refractivity contribution in [3.05, 3.63) is 23.8 Å². The summed E-state index contributed by atoms with van der Waals surface area (Å²) in [6.45, 7) is 1.13. The van der Waals surface area contributed by atoms with E-state index in [-0.39, 0.29) is 40.8 Å². The van der Waals surface area contributed by atoms with Gasteiger partial charge in [-0.05, 0) is 18.2 Å². The number of hydrogen-bond donors (Lipinski definition) is 2. The molecule has 0 aliphatic carbocycles. The molecule has 1 amide bonds. The fourth-order valence-electron chi connectivity index (χ4n) is 1.16. The molecular weight excluding hydrogens is 273 g/mol. The molecule has 0 saturated carbocycles. The van der Waals surface area contributed by atoms with E-state index in [0.29, 0.717) is 0 Å². The molecule has 0 radical (unpaired) electrons. The van der Waals surface area contributed by atoms with Gasteiger partial charge in [0.05, 0.1) is 16.1 Å². The Hall–Kier alpha value is -0.930. The van der Waals surface area contributed by atoms with E-state index < -0.39 is 26.9 Å². The number of carbonyl (C=O) groups excluding carboxylic acids is 1. The number of anilines is 1. The molecule has 0 heterocycles. The van der Waals surface area contributed by atoms with Crippen LogP contribution in [0.4, 0.5) is 5.69 Å². The van der Waals surface area contributed by atoms with Gasteiger partial charge in [-0.2, -0.15) is 0 Å². The van der Waals surface area contributed by atoms with Gasteiger partial charge in [0.1, 0.15) is 10.1 Å². The third kappa shape index (κ3) is 4.39. The summed E-state index contributed by atoms with van der Waals surface area (Å²) >= 11 is 0. The second-order valence-electron chi connectivity index (χ2n) is 3.15. The fourth-order valence-corrected chi connectivity index (χ4v) is 1.66. The first-order valence-electron chi connectivity index (χ1n) is 4.32. The van der Waals surface area contributed by atoms with Gasteiger partial charge < -0.3 is 15.0 Å². The van der Waals surface area contributed by atoms with E-state index >= 15 is 0 Å². The predicted molar refractivity (Wildman–Crippen MR) is 55.7 cm³/mol. The zero-order valence-electron chi connectivity index (χ0n) is 9.63. The summed E-state index contributed by atoms with van der Waals surface area (Å²) < 4.78 is 32.2. The molecule has 0 aromatic heterocycles. The predicted octanol–water partition coefficient (Wildman–Crippen LogP) is -2.75. The van der Waals surface area contributed by atoms with Crippen LogP contribution in [0.2, 0.25) is 0 Å². The molecule has 0 spiro atoms. The molecule has 0 saturated heterocycles. The Balaban J connectivity index is 0.00000289. The van der Waals surface area contributed by atoms with Crippen LogP contribution in [0, 0.1) is 0 Å². The summed E-state index contributed by atoms with van der Waals surface area (Å²) in [5.74, 6) is -1.92. The quantitative estimate of drug-likeness (QED) is 0.457. The number of aromatic carboxylic acids is 1. The number of carboxylic acid groups (broad SMARTS) is 1. The summed E-state index contributed by atoms with van der Waals surface area (Å²) in [6.07, 6.45) is 0. The van der Waals surface area contributed by atoms with Gasteiger partial charge in [0.2, 0.25) is 5.91 Å². The average molecular weight is 281 g/mol. The molecule has 1 aromatic carbocycles. The molecule has 0 unspecified atom stereocenters. The van der Waals surface area contributed by atoms with Crippen LogP contribution in [0.1, 0.15) is 17.3 Å². The van der Waals surface area contributed by atoms with E-state index in [1.807, 2.05) is 0 Å². The smallest absolute Gasteiger partial charge is 0.744 e. The van der Waals surface area contributed by atoms with Crippen LogP contribution in [-0.4, -0.2) is 30.0 Å². The zero-order valence-corrected chi connectivity index (χ0v) is 12.4. The SMILES string of the molecule is CC(=O)Nc1cc(S(=O)(=O)[O-])ccc1C(=O)O.[Na+]. The number of hydrogen-bond acceptors (Lipinski definition) is 5. The monoisotopic (exact) mass is 281 g/mol. The Morgan fingerprint density at radius 3 is 2.28 bits per heavy atom. The van der Waals surface area contributed by atoms with Crippen LogP contribution in [0.25, 0.3) is 0 Å². The molecule has 7 nitrogen and oxygen atoms in total. The molecule has 2 N–H and O–H groups in total. The molecular formula is C9H8NNaO6S. The van der Waals surface area contributed by atoms with Gasteiger partial charge in [-0.3, -0.25) is 4.79 Å². The van der Waals surface area contributed by atoms with Gasteiger partial charge in [0.15, 0.2) is 0 Å². The number of carboxylic acids is 1. The minimum Gasteiger partial charge on any atom is -0.744 e. The van der Waals surface area contributed by atoms with E-state index in [2.05, 4.69) is 5.32 Å². The summed E-state index contributed by atoms with van der Waals surface area (Å²) in [5.41, 5.74) is -0.533. The molecule has 0 bridgehead atoms. The Kier molecular flexibility index (Phi) is 5.97. The van der Waals surface area contributed by atoms with Crippen molar-refractivity contribution in [3.63, 3.8) is 0 Å². The molecule has 0 fully saturated rings. The first-order valence-corrected chi connectivity index (χ1v) is 5.73. The van der Waals surface area contributed by atoms with Crippen molar-refractivity contribution in [3.8, 4) is 0 Å². The molecule has 92 valence electrons. The molecule has 9 heteroatoms. The van der Waals surface area contributed by atoms with Gasteiger partial charge in [-0.25, -0.2) is 13.2 Å². The summed E-state index contributed by atoms with van der Waals surface area (Å²) in [6, 6.07) is 2.63. The van der Waals surface area contributed by atoms with Crippen LogP contribution >= 0.6 is 0 Å². The van der Waals surface area contributed by atoms with Crippen molar-refractivity contribution in [2.24, 2.45) is 0 Å². The Morgan fingerprint density at radius 2 is 1.89 bits per heavy atom. The first kappa shape index (κ1) is 17.1. The van der Waals surface area contributed by atoms with E-state index in [1.165, 1.54) is 0 Å². The van der Waals surface area contributed by atoms with Crippen molar-refractivity contribution in [1.29, 1.82) is 0 Å². The van der Waals surface area contributed by atoms with Crippen LogP contribution in [0.15, 0.2) is 23.1 Å². The number of carbonyl (C=O) groups is 2. The van der Waals surface area contributed by atoms with Crippen LogP contribution in [0.5, 0.6) is 0 Å². The van der Waals surface area contributed by atoms with Gasteiger partial charge in [-0.1, -0.05) is 0 Å². The first-order chi connectivity index (χ1) is 7.71. The van der Waals surface area contributed by atoms with Crippen molar-refractivity contribution in [2.45, 2.75) is 11.8 Å². The molecule has 18 heavy (non-hydrogen) atoms. The van der Waals surface area contributed by atoms with E-state index in [9.17, 15) is 22.6 Å². The third-order valence-electron chi connectivity index (χ3n) is 1.82. The van der Waals surface area contributed by atoms with Gasteiger partial charge >= 0.3 is 35.5 Å². The molecule has 0 aliphatic rings. The standard InChI is InChI=1S/C9H9NO6S.Na/c1-5(11)10-8-4-6(17(14,15)16)2-3-7(8)9(12)13;/h2-4H,1H3,(H,10,11)(H,12,13)(H,14,15,16);/q;+1/p-1. The summed E-state index contributed by atoms with van der Waals surface area (Å²) in [4.78, 5) is 21.0. The molecule has 0 atom stereocenters. The maximum atomic E-state index is 10.8. The van der Waals surface area contributed by atoms with Gasteiger partial charge in [-0.15, -0.1) is 0 Å². The van der Waals surface area contributed by atoms with Crippen molar-refractivity contribution >= 4 is 27.7 Å². The van der Waals surface area contributed by atoms with Crippen molar-refractivity contribution in [2.75, 3.05) is 5.32 Å². The second kappa shape index (κ2) is 6.30. The van der Waals surface area contributed by atoms with Crippen LogP contribution < -0.4 is 34.9 Å². The fraction of sp³-hybridized carbons (Fsp3) is 0.111. The second-order valence-corrected chi connectivity index (χ2v) is 4.53. The zero-order chi connectivity index (χ0) is 13.2. The minimum atomic E-state index is -4.70. The maximum Gasteiger partial charge on any atom is 1.00 e. The Bertz CT molecular complexity index is 583. The summed E-state index contributed by atoms with van der Waals surface area (Å²) in [7, 11) is -4.70. The Labute approximate surface area is 125 Å². The number of rotatable bonds is 3. The van der Waals surface area contributed by atoms with Crippen LogP contribution in [-0.2, 0) is 14.9 Å². The summed E-state index contributed by atoms with van der Waals surface area (Å²) in [5, 5.41) is 10.9. The average Bonchev–Trinajstić information content (AvgIpc) is 2.14.